The smallest absolute Gasteiger partial charge is 0.0464 e. The van der Waals surface area contributed by atoms with Crippen molar-refractivity contribution in [1.82, 2.24) is 0 Å². The average Bonchev–Trinajstić information content (AvgIpc) is 1.98. The highest BCUT2D eigenvalue weighted by atomic mass is 35.5. The molecule has 2 heteroatoms. The lowest BCUT2D eigenvalue weighted by Gasteiger charge is -2.21. The molecule has 0 aliphatic carbocycles. The summed E-state index contributed by atoms with van der Waals surface area (Å²) in [4.78, 5) is 0. The zero-order valence-corrected chi connectivity index (χ0v) is 8.69. The molecule has 0 fully saturated rings. The number of methoxy groups -OCH3 is 1. The predicted octanol–water partition coefficient (Wildman–Crippen LogP) is 2.92. The maximum atomic E-state index is 5.96. The van der Waals surface area contributed by atoms with Crippen molar-refractivity contribution in [3.63, 3.8) is 0 Å². The molecule has 0 bridgehead atoms. The first-order valence-corrected chi connectivity index (χ1v) is 4.66. The van der Waals surface area contributed by atoms with Crippen LogP contribution >= 0.6 is 11.6 Å². The van der Waals surface area contributed by atoms with Gasteiger partial charge < -0.3 is 4.74 Å². The van der Waals surface area contributed by atoms with E-state index < -0.39 is 0 Å². The Morgan fingerprint density at radius 3 is 2.18 bits per heavy atom. The van der Waals surface area contributed by atoms with Crippen molar-refractivity contribution in [2.24, 2.45) is 11.8 Å². The van der Waals surface area contributed by atoms with E-state index in [0.29, 0.717) is 11.8 Å². The van der Waals surface area contributed by atoms with Crippen molar-refractivity contribution in [3.8, 4) is 0 Å². The van der Waals surface area contributed by atoms with Gasteiger partial charge in [-0.1, -0.05) is 13.8 Å². The fourth-order valence-electron chi connectivity index (χ4n) is 1.02. The lowest BCUT2D eigenvalue weighted by molar-refractivity contribution is 0.167. The minimum Gasteiger partial charge on any atom is -0.385 e. The van der Waals surface area contributed by atoms with E-state index in [1.54, 1.807) is 7.11 Å². The second kappa shape index (κ2) is 5.84. The summed E-state index contributed by atoms with van der Waals surface area (Å²) in [7, 11) is 1.74. The number of ether oxygens (including phenoxy) is 1. The van der Waals surface area contributed by atoms with Crippen LogP contribution in [0.2, 0.25) is 0 Å². The molecule has 0 aromatic rings. The van der Waals surface area contributed by atoms with Crippen LogP contribution < -0.4 is 0 Å². The van der Waals surface area contributed by atoms with Crippen LogP contribution in [0.25, 0.3) is 0 Å². The molecule has 0 rings (SSSR count). The van der Waals surface area contributed by atoms with Crippen LogP contribution in [0.5, 0.6) is 0 Å². The van der Waals surface area contributed by atoms with Gasteiger partial charge in [-0.25, -0.2) is 0 Å². The van der Waals surface area contributed by atoms with E-state index in [2.05, 4.69) is 20.8 Å². The van der Waals surface area contributed by atoms with E-state index in [1.807, 2.05) is 0 Å². The fraction of sp³-hybridized carbons (Fsp3) is 1.00. The highest BCUT2D eigenvalue weighted by molar-refractivity contribution is 6.20. The van der Waals surface area contributed by atoms with Crippen molar-refractivity contribution in [2.45, 2.75) is 32.6 Å². The molecule has 0 heterocycles. The number of hydrogen-bond acceptors (Lipinski definition) is 1. The first-order valence-electron chi connectivity index (χ1n) is 4.22. The van der Waals surface area contributed by atoms with Gasteiger partial charge in [0, 0.05) is 19.1 Å². The quantitative estimate of drug-likeness (QED) is 0.589. The van der Waals surface area contributed by atoms with Gasteiger partial charge in [0.05, 0.1) is 0 Å². The molecule has 0 amide bonds. The first-order chi connectivity index (χ1) is 5.09. The van der Waals surface area contributed by atoms with Crippen molar-refractivity contribution in [1.29, 1.82) is 0 Å². The molecule has 11 heavy (non-hydrogen) atoms. The monoisotopic (exact) mass is 178 g/mol. The molecule has 0 aliphatic heterocycles. The van der Waals surface area contributed by atoms with Crippen LogP contribution in [-0.4, -0.2) is 19.1 Å². The predicted molar refractivity (Wildman–Crippen MR) is 50.1 cm³/mol. The average molecular weight is 179 g/mol. The third kappa shape index (κ3) is 4.65. The molecule has 0 aliphatic rings. The Balaban J connectivity index is 3.55. The number of hydrogen-bond donors (Lipinski definition) is 0. The maximum Gasteiger partial charge on any atom is 0.0464 e. The third-order valence-corrected chi connectivity index (χ3v) is 2.80. The van der Waals surface area contributed by atoms with Crippen molar-refractivity contribution in [2.75, 3.05) is 13.7 Å². The topological polar surface area (TPSA) is 9.23 Å². The zero-order valence-electron chi connectivity index (χ0n) is 7.93. The lowest BCUT2D eigenvalue weighted by atomic mass is 9.91. The van der Waals surface area contributed by atoms with Gasteiger partial charge in [0.25, 0.3) is 0 Å². The SMILES string of the molecule is COCCC(C)C(C)C(C)Cl. The zero-order chi connectivity index (χ0) is 8.85. The molecular formula is C9H19ClO. The summed E-state index contributed by atoms with van der Waals surface area (Å²) in [6.07, 6.45) is 1.11. The summed E-state index contributed by atoms with van der Waals surface area (Å²) in [5, 5.41) is 0.266. The minimum atomic E-state index is 0.266. The van der Waals surface area contributed by atoms with E-state index in [0.717, 1.165) is 13.0 Å². The van der Waals surface area contributed by atoms with Gasteiger partial charge in [-0.2, -0.15) is 0 Å². The van der Waals surface area contributed by atoms with E-state index in [4.69, 9.17) is 16.3 Å². The van der Waals surface area contributed by atoms with Gasteiger partial charge in [-0.3, -0.25) is 0 Å². The third-order valence-electron chi connectivity index (χ3n) is 2.40. The molecule has 0 aromatic heterocycles. The molecule has 0 spiro atoms. The Labute approximate surface area is 75.1 Å². The molecule has 3 atom stereocenters. The Kier molecular flexibility index (Phi) is 5.98. The van der Waals surface area contributed by atoms with Crippen LogP contribution in [0, 0.1) is 11.8 Å². The lowest BCUT2D eigenvalue weighted by Crippen LogP contribution is -2.17. The summed E-state index contributed by atoms with van der Waals surface area (Å²) in [6.45, 7) is 7.31. The second-order valence-electron chi connectivity index (χ2n) is 3.30. The highest BCUT2D eigenvalue weighted by Gasteiger charge is 2.16. The van der Waals surface area contributed by atoms with Gasteiger partial charge in [0.2, 0.25) is 0 Å². The summed E-state index contributed by atoms with van der Waals surface area (Å²) in [6, 6.07) is 0. The van der Waals surface area contributed by atoms with Crippen LogP contribution in [0.15, 0.2) is 0 Å². The molecule has 3 unspecified atom stereocenters. The van der Waals surface area contributed by atoms with Crippen molar-refractivity contribution < 1.29 is 4.74 Å². The molecule has 0 N–H and O–H groups in total. The molecule has 0 aromatic carbocycles. The summed E-state index contributed by atoms with van der Waals surface area (Å²) < 4.78 is 5.00. The molecule has 1 nitrogen and oxygen atoms in total. The Morgan fingerprint density at radius 1 is 1.27 bits per heavy atom. The largest absolute Gasteiger partial charge is 0.385 e. The van der Waals surface area contributed by atoms with Crippen LogP contribution in [-0.2, 0) is 4.74 Å². The van der Waals surface area contributed by atoms with E-state index in [9.17, 15) is 0 Å². The van der Waals surface area contributed by atoms with E-state index in [-0.39, 0.29) is 5.38 Å². The number of alkyl halides is 1. The van der Waals surface area contributed by atoms with Gasteiger partial charge in [-0.15, -0.1) is 11.6 Å². The standard InChI is InChI=1S/C9H19ClO/c1-7(5-6-11-4)8(2)9(3)10/h7-9H,5-6H2,1-4H3. The van der Waals surface area contributed by atoms with Gasteiger partial charge in [0.1, 0.15) is 0 Å². The van der Waals surface area contributed by atoms with E-state index in [1.165, 1.54) is 0 Å². The molecule has 0 saturated carbocycles. The fourth-order valence-corrected chi connectivity index (χ4v) is 1.27. The van der Waals surface area contributed by atoms with Gasteiger partial charge in [0.15, 0.2) is 0 Å². The second-order valence-corrected chi connectivity index (χ2v) is 3.98. The van der Waals surface area contributed by atoms with Gasteiger partial charge in [-0.05, 0) is 25.2 Å². The maximum absolute atomic E-state index is 5.96. The molecule has 68 valence electrons. The van der Waals surface area contributed by atoms with Crippen molar-refractivity contribution >= 4 is 11.6 Å². The summed E-state index contributed by atoms with van der Waals surface area (Å²) in [5.41, 5.74) is 0. The minimum absolute atomic E-state index is 0.266. The molecule has 0 radical (unpaired) electrons. The van der Waals surface area contributed by atoms with Crippen LogP contribution in [0.1, 0.15) is 27.2 Å². The van der Waals surface area contributed by atoms with Gasteiger partial charge >= 0.3 is 0 Å². The Morgan fingerprint density at radius 2 is 1.82 bits per heavy atom. The molecule has 0 saturated heterocycles. The molecular weight excluding hydrogens is 160 g/mol. The highest BCUT2D eigenvalue weighted by Crippen LogP contribution is 2.21. The van der Waals surface area contributed by atoms with Crippen LogP contribution in [0.3, 0.4) is 0 Å². The Bertz CT molecular complexity index is 93.6. The normalized spacial score (nSPS) is 19.4. The van der Waals surface area contributed by atoms with Crippen molar-refractivity contribution in [3.05, 3.63) is 0 Å². The number of halogens is 1. The first kappa shape index (κ1) is 11.2. The summed E-state index contributed by atoms with van der Waals surface area (Å²) in [5.74, 6) is 1.23. The summed E-state index contributed by atoms with van der Waals surface area (Å²) >= 11 is 5.96. The van der Waals surface area contributed by atoms with Crippen LogP contribution in [0.4, 0.5) is 0 Å². The Hall–Kier alpha value is 0.250. The van der Waals surface area contributed by atoms with E-state index >= 15 is 0 Å². The number of rotatable bonds is 5.